The minimum Gasteiger partial charge on any atom is -0.481 e. The van der Waals surface area contributed by atoms with E-state index in [1.165, 1.54) is 12.1 Å². The Labute approximate surface area is 281 Å². The number of carbonyl (C=O) groups is 3. The Hall–Kier alpha value is -4.83. The van der Waals surface area contributed by atoms with Crippen LogP contribution in [0.25, 0.3) is 11.1 Å². The van der Waals surface area contributed by atoms with Gasteiger partial charge in [-0.25, -0.2) is 0 Å². The number of hydrogen-bond donors (Lipinski definition) is 2. The zero-order valence-corrected chi connectivity index (χ0v) is 26.9. The Kier molecular flexibility index (Phi) is 10.7. The molecule has 2 amide bonds. The van der Waals surface area contributed by atoms with Crippen molar-refractivity contribution in [3.8, 4) is 16.9 Å². The fraction of sp³-hybridized carbons (Fsp3) is 0.270. The van der Waals surface area contributed by atoms with Gasteiger partial charge < -0.3 is 20.1 Å². The molecule has 1 aliphatic rings. The van der Waals surface area contributed by atoms with Crippen molar-refractivity contribution >= 4 is 29.4 Å². The summed E-state index contributed by atoms with van der Waals surface area (Å²) in [6.45, 7) is 2.85. The predicted molar refractivity (Wildman–Crippen MR) is 176 cm³/mol. The lowest BCUT2D eigenvalue weighted by Crippen LogP contribution is -2.34. The summed E-state index contributed by atoms with van der Waals surface area (Å²) in [5.41, 5.74) is 5.58. The average Bonchev–Trinajstić information content (AvgIpc) is 3.48. The number of amides is 2. The average molecular weight is 679 g/mol. The van der Waals surface area contributed by atoms with Crippen molar-refractivity contribution < 1.29 is 37.4 Å². The van der Waals surface area contributed by atoms with Gasteiger partial charge in [-0.15, -0.1) is 13.2 Å². The first-order chi connectivity index (χ1) is 22.9. The molecule has 48 heavy (non-hydrogen) atoms. The fourth-order valence-electron chi connectivity index (χ4n) is 6.10. The van der Waals surface area contributed by atoms with E-state index in [1.54, 1.807) is 36.4 Å². The highest BCUT2D eigenvalue weighted by Gasteiger charge is 2.36. The van der Waals surface area contributed by atoms with E-state index in [4.69, 9.17) is 16.7 Å². The molecule has 0 saturated heterocycles. The Bertz CT molecular complexity index is 1760. The van der Waals surface area contributed by atoms with Gasteiger partial charge in [0.15, 0.2) is 0 Å². The van der Waals surface area contributed by atoms with Gasteiger partial charge in [-0.1, -0.05) is 73.5 Å². The van der Waals surface area contributed by atoms with Crippen molar-refractivity contribution in [2.45, 2.75) is 57.5 Å². The summed E-state index contributed by atoms with van der Waals surface area (Å²) in [5.74, 6) is -2.50. The molecule has 1 heterocycles. The number of halogens is 4. The number of nitrogens with one attached hydrogen (secondary N) is 1. The fourth-order valence-corrected chi connectivity index (χ4v) is 6.22. The van der Waals surface area contributed by atoms with Gasteiger partial charge in [0.05, 0.1) is 12.3 Å². The van der Waals surface area contributed by atoms with Crippen LogP contribution >= 0.6 is 11.6 Å². The second kappa shape index (κ2) is 14.9. The number of nitrogens with zero attached hydrogens (tertiary/aromatic N) is 1. The van der Waals surface area contributed by atoms with Crippen LogP contribution in [0.3, 0.4) is 0 Å². The van der Waals surface area contributed by atoms with Crippen LogP contribution in [-0.2, 0) is 22.7 Å². The van der Waals surface area contributed by atoms with Crippen LogP contribution < -0.4 is 10.1 Å². The molecule has 0 spiro atoms. The molecule has 2 atom stereocenters. The van der Waals surface area contributed by atoms with Gasteiger partial charge in [-0.05, 0) is 88.2 Å². The van der Waals surface area contributed by atoms with E-state index in [2.05, 4.69) is 17.0 Å². The van der Waals surface area contributed by atoms with Gasteiger partial charge in [-0.3, -0.25) is 14.4 Å². The molecule has 1 aliphatic heterocycles. The van der Waals surface area contributed by atoms with Gasteiger partial charge in [0, 0.05) is 30.2 Å². The zero-order valence-electron chi connectivity index (χ0n) is 26.1. The Morgan fingerprint density at radius 3 is 2.12 bits per heavy atom. The predicted octanol–water partition coefficient (Wildman–Crippen LogP) is 8.32. The number of ether oxygens (including phenoxy) is 1. The largest absolute Gasteiger partial charge is 0.573 e. The van der Waals surface area contributed by atoms with E-state index in [-0.39, 0.29) is 36.4 Å². The lowest BCUT2D eigenvalue weighted by molar-refractivity contribution is -0.274. The van der Waals surface area contributed by atoms with Crippen molar-refractivity contribution in [3.05, 3.63) is 124 Å². The van der Waals surface area contributed by atoms with E-state index in [9.17, 15) is 27.6 Å². The number of hydrogen-bond acceptors (Lipinski definition) is 4. The highest BCUT2D eigenvalue weighted by molar-refractivity contribution is 6.30. The monoisotopic (exact) mass is 678 g/mol. The number of carbonyl (C=O) groups excluding carboxylic acids is 2. The summed E-state index contributed by atoms with van der Waals surface area (Å²) in [6.07, 6.45) is -3.45. The summed E-state index contributed by atoms with van der Waals surface area (Å²) >= 11 is 6.22. The van der Waals surface area contributed by atoms with Gasteiger partial charge >= 0.3 is 12.3 Å². The first-order valence-corrected chi connectivity index (χ1v) is 15.9. The minimum atomic E-state index is -4.77. The molecule has 2 N–H and O–H groups in total. The summed E-state index contributed by atoms with van der Waals surface area (Å²) in [5, 5.41) is 12.0. The van der Waals surface area contributed by atoms with E-state index in [0.717, 1.165) is 39.8 Å². The first kappa shape index (κ1) is 34.5. The standard InChI is InChI=1S/C37H34ClF3N2O5/c1-2-3-32(24-4-6-26(7-5-24)35(46)42-19-18-33(44)45)34(25-10-14-30(38)15-11-25)36(47)43-21-28-9-8-27(20-29(28)22-43)23-12-16-31(17-13-23)48-37(39,40)41/h4-17,20,32,34H,2-3,18-19,21-22H2,1H3,(H,42,46)(H,44,45). The SMILES string of the molecule is CCCC(c1ccc(C(=O)NCCC(=O)O)cc1)C(C(=O)N1Cc2ccc(-c3ccc(OC(F)(F)F)cc3)cc2C1)c1ccc(Cl)cc1. The lowest BCUT2D eigenvalue weighted by atomic mass is 9.77. The third-order valence-electron chi connectivity index (χ3n) is 8.38. The molecule has 4 aromatic rings. The molecular formula is C37H34ClF3N2O5. The number of carboxylic acids is 1. The van der Waals surface area contributed by atoms with Crippen molar-refractivity contribution in [1.29, 1.82) is 0 Å². The molecule has 0 saturated carbocycles. The molecule has 2 unspecified atom stereocenters. The molecule has 5 rings (SSSR count). The lowest BCUT2D eigenvalue weighted by Gasteiger charge is -2.31. The molecule has 0 bridgehead atoms. The zero-order chi connectivity index (χ0) is 34.4. The molecule has 250 valence electrons. The van der Waals surface area contributed by atoms with Crippen molar-refractivity contribution in [1.82, 2.24) is 10.2 Å². The van der Waals surface area contributed by atoms with Crippen LogP contribution in [0.2, 0.25) is 5.02 Å². The van der Waals surface area contributed by atoms with Crippen LogP contribution in [-0.4, -0.2) is 40.7 Å². The van der Waals surface area contributed by atoms with Crippen LogP contribution in [0.4, 0.5) is 13.2 Å². The number of carboxylic acid groups (broad SMARTS) is 1. The second-order valence-corrected chi connectivity index (χ2v) is 12.1. The third kappa shape index (κ3) is 8.55. The van der Waals surface area contributed by atoms with Crippen molar-refractivity contribution in [2.75, 3.05) is 6.54 Å². The molecule has 0 fully saturated rings. The number of benzene rings is 4. The smallest absolute Gasteiger partial charge is 0.481 e. The quantitative estimate of drug-likeness (QED) is 0.157. The van der Waals surface area contributed by atoms with E-state index in [0.29, 0.717) is 30.1 Å². The van der Waals surface area contributed by atoms with Crippen LogP contribution in [0.1, 0.15) is 70.6 Å². The normalized spacial score (nSPS) is 13.8. The van der Waals surface area contributed by atoms with Gasteiger partial charge in [0.1, 0.15) is 5.75 Å². The van der Waals surface area contributed by atoms with Gasteiger partial charge in [0.25, 0.3) is 5.91 Å². The summed E-state index contributed by atoms with van der Waals surface area (Å²) in [7, 11) is 0. The second-order valence-electron chi connectivity index (χ2n) is 11.7. The highest BCUT2D eigenvalue weighted by atomic mass is 35.5. The molecule has 0 aliphatic carbocycles. The van der Waals surface area contributed by atoms with Crippen molar-refractivity contribution in [2.24, 2.45) is 0 Å². The van der Waals surface area contributed by atoms with E-state index in [1.807, 2.05) is 47.4 Å². The maximum atomic E-state index is 14.5. The van der Waals surface area contributed by atoms with Crippen LogP contribution in [0, 0.1) is 0 Å². The molecule has 11 heteroatoms. The Morgan fingerprint density at radius 2 is 1.50 bits per heavy atom. The number of alkyl halides is 3. The Morgan fingerprint density at radius 1 is 0.875 bits per heavy atom. The molecular weight excluding hydrogens is 645 g/mol. The summed E-state index contributed by atoms with van der Waals surface area (Å²) < 4.78 is 41.8. The summed E-state index contributed by atoms with van der Waals surface area (Å²) in [4.78, 5) is 39.7. The topological polar surface area (TPSA) is 95.9 Å². The molecule has 7 nitrogen and oxygen atoms in total. The third-order valence-corrected chi connectivity index (χ3v) is 8.64. The van der Waals surface area contributed by atoms with Gasteiger partial charge in [0.2, 0.25) is 5.91 Å². The highest BCUT2D eigenvalue weighted by Crippen LogP contribution is 2.41. The Balaban J connectivity index is 1.39. The maximum Gasteiger partial charge on any atom is 0.573 e. The molecule has 0 aromatic heterocycles. The van der Waals surface area contributed by atoms with Crippen LogP contribution in [0.5, 0.6) is 5.75 Å². The van der Waals surface area contributed by atoms with Gasteiger partial charge in [-0.2, -0.15) is 0 Å². The first-order valence-electron chi connectivity index (χ1n) is 15.5. The summed E-state index contributed by atoms with van der Waals surface area (Å²) in [6, 6.07) is 25.8. The molecule has 4 aromatic carbocycles. The maximum absolute atomic E-state index is 14.5. The number of fused-ring (bicyclic) bond motifs is 1. The number of rotatable bonds is 12. The van der Waals surface area contributed by atoms with Crippen LogP contribution in [0.15, 0.2) is 91.0 Å². The minimum absolute atomic E-state index is 0.0183. The van der Waals surface area contributed by atoms with E-state index < -0.39 is 18.2 Å². The number of aliphatic carboxylic acids is 1. The molecule has 0 radical (unpaired) electrons. The van der Waals surface area contributed by atoms with Crippen molar-refractivity contribution in [3.63, 3.8) is 0 Å². The van der Waals surface area contributed by atoms with E-state index >= 15 is 0 Å².